The van der Waals surface area contributed by atoms with Crippen molar-refractivity contribution in [2.75, 3.05) is 50.2 Å². The van der Waals surface area contributed by atoms with E-state index in [1.807, 2.05) is 50.5 Å². The molecule has 0 bridgehead atoms. The van der Waals surface area contributed by atoms with Crippen molar-refractivity contribution in [1.82, 2.24) is 0 Å². The maximum Gasteiger partial charge on any atom is 0.144 e. The Labute approximate surface area is 149 Å². The SMILES string of the molecule is CN(C)c1ccc2c(c1)OCCN2CC(O)COCc1ccccc1. The lowest BCUT2D eigenvalue weighted by molar-refractivity contribution is 0.0314. The summed E-state index contributed by atoms with van der Waals surface area (Å²) in [7, 11) is 4.02. The van der Waals surface area contributed by atoms with Crippen molar-refractivity contribution in [1.29, 1.82) is 0 Å². The molecular weight excluding hydrogens is 316 g/mol. The smallest absolute Gasteiger partial charge is 0.144 e. The van der Waals surface area contributed by atoms with Gasteiger partial charge in [-0.2, -0.15) is 0 Å². The van der Waals surface area contributed by atoms with Crippen molar-refractivity contribution in [2.24, 2.45) is 0 Å². The summed E-state index contributed by atoms with van der Waals surface area (Å²) < 4.78 is 11.4. The molecule has 1 heterocycles. The first kappa shape index (κ1) is 17.6. The largest absolute Gasteiger partial charge is 0.489 e. The second-order valence-electron chi connectivity index (χ2n) is 6.50. The number of hydrogen-bond donors (Lipinski definition) is 1. The molecule has 0 radical (unpaired) electrons. The summed E-state index contributed by atoms with van der Waals surface area (Å²) in [5, 5.41) is 10.3. The van der Waals surface area contributed by atoms with Crippen LogP contribution in [-0.4, -0.2) is 51.6 Å². The molecule has 1 aliphatic rings. The van der Waals surface area contributed by atoms with E-state index < -0.39 is 6.10 Å². The number of β-amino-alcohol motifs (C(OH)–C–C–N with tert-alkyl or cyclic N) is 1. The Bertz CT molecular complexity index is 676. The van der Waals surface area contributed by atoms with Crippen LogP contribution in [0.4, 0.5) is 11.4 Å². The maximum absolute atomic E-state index is 10.3. The van der Waals surface area contributed by atoms with Gasteiger partial charge >= 0.3 is 0 Å². The van der Waals surface area contributed by atoms with Crippen LogP contribution in [0, 0.1) is 0 Å². The summed E-state index contributed by atoms with van der Waals surface area (Å²) in [5.74, 6) is 0.870. The molecule has 3 rings (SSSR count). The fraction of sp³-hybridized carbons (Fsp3) is 0.400. The van der Waals surface area contributed by atoms with Gasteiger partial charge in [0.15, 0.2) is 0 Å². The molecule has 0 spiro atoms. The van der Waals surface area contributed by atoms with Crippen molar-refractivity contribution in [2.45, 2.75) is 12.7 Å². The number of anilines is 2. The number of fused-ring (bicyclic) bond motifs is 1. The van der Waals surface area contributed by atoms with E-state index in [1.54, 1.807) is 0 Å². The number of hydrogen-bond acceptors (Lipinski definition) is 5. The number of nitrogens with zero attached hydrogens (tertiary/aromatic N) is 2. The van der Waals surface area contributed by atoms with E-state index in [1.165, 1.54) is 0 Å². The Morgan fingerprint density at radius 2 is 2.00 bits per heavy atom. The van der Waals surface area contributed by atoms with Crippen molar-refractivity contribution in [3.05, 3.63) is 54.1 Å². The molecule has 1 N–H and O–H groups in total. The number of rotatable bonds is 7. The van der Waals surface area contributed by atoms with E-state index in [4.69, 9.17) is 9.47 Å². The predicted molar refractivity (Wildman–Crippen MR) is 101 cm³/mol. The summed E-state index contributed by atoms with van der Waals surface area (Å²) in [5.41, 5.74) is 3.24. The highest BCUT2D eigenvalue weighted by Gasteiger charge is 2.21. The Kier molecular flexibility index (Phi) is 5.79. The Morgan fingerprint density at radius 3 is 2.76 bits per heavy atom. The molecule has 0 saturated heterocycles. The third kappa shape index (κ3) is 4.65. The lowest BCUT2D eigenvalue weighted by Crippen LogP contribution is -2.40. The molecule has 2 aromatic rings. The third-order valence-corrected chi connectivity index (χ3v) is 4.27. The number of ether oxygens (including phenoxy) is 2. The van der Waals surface area contributed by atoms with Crippen molar-refractivity contribution >= 4 is 11.4 Å². The normalized spacial score (nSPS) is 14.6. The zero-order valence-electron chi connectivity index (χ0n) is 14.9. The lowest BCUT2D eigenvalue weighted by Gasteiger charge is -2.33. The van der Waals surface area contributed by atoms with E-state index in [9.17, 15) is 5.11 Å². The molecule has 1 unspecified atom stereocenters. The van der Waals surface area contributed by atoms with Crippen LogP contribution in [0.3, 0.4) is 0 Å². The molecular formula is C20H26N2O3. The van der Waals surface area contributed by atoms with Crippen LogP contribution in [0.25, 0.3) is 0 Å². The average Bonchev–Trinajstić information content (AvgIpc) is 2.62. The van der Waals surface area contributed by atoms with Gasteiger partial charge in [-0.05, 0) is 17.7 Å². The molecule has 25 heavy (non-hydrogen) atoms. The third-order valence-electron chi connectivity index (χ3n) is 4.27. The van der Waals surface area contributed by atoms with Gasteiger partial charge in [-0.25, -0.2) is 0 Å². The Balaban J connectivity index is 1.55. The highest BCUT2D eigenvalue weighted by Crippen LogP contribution is 2.34. The molecule has 134 valence electrons. The van der Waals surface area contributed by atoms with Crippen molar-refractivity contribution < 1.29 is 14.6 Å². The van der Waals surface area contributed by atoms with Gasteiger partial charge in [0.25, 0.3) is 0 Å². The molecule has 2 aromatic carbocycles. The van der Waals surface area contributed by atoms with E-state index in [2.05, 4.69) is 21.9 Å². The number of benzene rings is 2. The summed E-state index contributed by atoms with van der Waals surface area (Å²) in [4.78, 5) is 4.21. The van der Waals surface area contributed by atoms with Crippen LogP contribution < -0.4 is 14.5 Å². The molecule has 1 aliphatic heterocycles. The van der Waals surface area contributed by atoms with Gasteiger partial charge in [0, 0.05) is 32.4 Å². The van der Waals surface area contributed by atoms with Gasteiger partial charge in [-0.1, -0.05) is 30.3 Å². The predicted octanol–water partition coefficient (Wildman–Crippen LogP) is 2.53. The molecule has 1 atom stereocenters. The molecule has 0 saturated carbocycles. The minimum Gasteiger partial charge on any atom is -0.489 e. The first-order valence-corrected chi connectivity index (χ1v) is 8.62. The lowest BCUT2D eigenvalue weighted by atomic mass is 10.2. The maximum atomic E-state index is 10.3. The van der Waals surface area contributed by atoms with Gasteiger partial charge in [-0.15, -0.1) is 0 Å². The van der Waals surface area contributed by atoms with Crippen molar-refractivity contribution in [3.8, 4) is 5.75 Å². The van der Waals surface area contributed by atoms with Gasteiger partial charge in [0.2, 0.25) is 0 Å². The van der Waals surface area contributed by atoms with Crippen LogP contribution in [0.2, 0.25) is 0 Å². The first-order valence-electron chi connectivity index (χ1n) is 8.62. The highest BCUT2D eigenvalue weighted by molar-refractivity contribution is 5.66. The second-order valence-corrected chi connectivity index (χ2v) is 6.50. The zero-order chi connectivity index (χ0) is 17.6. The average molecular weight is 342 g/mol. The summed E-state index contributed by atoms with van der Waals surface area (Å²) >= 11 is 0. The van der Waals surface area contributed by atoms with E-state index in [0.29, 0.717) is 26.4 Å². The van der Waals surface area contributed by atoms with E-state index >= 15 is 0 Å². The van der Waals surface area contributed by atoms with Crippen LogP contribution in [0.1, 0.15) is 5.56 Å². The number of aliphatic hydroxyl groups is 1. The summed E-state index contributed by atoms with van der Waals surface area (Å²) in [6.07, 6.45) is -0.539. The van der Waals surface area contributed by atoms with Crippen molar-refractivity contribution in [3.63, 3.8) is 0 Å². The van der Waals surface area contributed by atoms with Gasteiger partial charge in [0.1, 0.15) is 12.4 Å². The Hall–Kier alpha value is -2.24. The standard InChI is InChI=1S/C20H26N2O3/c1-21(2)17-8-9-19-20(12-17)25-11-10-22(19)13-18(23)15-24-14-16-6-4-3-5-7-16/h3-9,12,18,23H,10-11,13-15H2,1-2H3. The van der Waals surface area contributed by atoms with Crippen LogP contribution in [0.15, 0.2) is 48.5 Å². The van der Waals surface area contributed by atoms with E-state index in [0.717, 1.165) is 29.2 Å². The fourth-order valence-electron chi connectivity index (χ4n) is 2.93. The summed E-state index contributed by atoms with van der Waals surface area (Å²) in [6.45, 7) is 2.76. The molecule has 0 aromatic heterocycles. The monoisotopic (exact) mass is 342 g/mol. The zero-order valence-corrected chi connectivity index (χ0v) is 14.9. The number of aliphatic hydroxyl groups excluding tert-OH is 1. The minimum absolute atomic E-state index is 0.317. The van der Waals surface area contributed by atoms with Gasteiger partial charge < -0.3 is 24.4 Å². The Morgan fingerprint density at radius 1 is 1.20 bits per heavy atom. The molecule has 5 heteroatoms. The molecule has 5 nitrogen and oxygen atoms in total. The quantitative estimate of drug-likeness (QED) is 0.838. The van der Waals surface area contributed by atoms with Crippen LogP contribution in [-0.2, 0) is 11.3 Å². The molecule has 0 amide bonds. The minimum atomic E-state index is -0.539. The van der Waals surface area contributed by atoms with E-state index in [-0.39, 0.29) is 0 Å². The molecule has 0 aliphatic carbocycles. The summed E-state index contributed by atoms with van der Waals surface area (Å²) in [6, 6.07) is 16.2. The highest BCUT2D eigenvalue weighted by atomic mass is 16.5. The topological polar surface area (TPSA) is 45.2 Å². The van der Waals surface area contributed by atoms with Gasteiger partial charge in [-0.3, -0.25) is 0 Å². The van der Waals surface area contributed by atoms with Crippen LogP contribution >= 0.6 is 0 Å². The second kappa shape index (κ2) is 8.23. The first-order chi connectivity index (χ1) is 12.1. The molecule has 0 fully saturated rings. The fourth-order valence-corrected chi connectivity index (χ4v) is 2.93. The van der Waals surface area contributed by atoms with Crippen LogP contribution in [0.5, 0.6) is 5.75 Å². The van der Waals surface area contributed by atoms with Gasteiger partial charge in [0.05, 0.1) is 31.5 Å².